The summed E-state index contributed by atoms with van der Waals surface area (Å²) >= 11 is 0. The highest BCUT2D eigenvalue weighted by Crippen LogP contribution is 2.49. The van der Waals surface area contributed by atoms with Crippen LogP contribution in [0.1, 0.15) is 30.4 Å². The molecule has 0 unspecified atom stereocenters. The lowest BCUT2D eigenvalue weighted by Crippen LogP contribution is -2.48. The minimum Gasteiger partial charge on any atom is -0.312 e. The van der Waals surface area contributed by atoms with Crippen molar-refractivity contribution in [1.29, 1.82) is 0 Å². The van der Waals surface area contributed by atoms with Gasteiger partial charge in [0.05, 0.1) is 0 Å². The van der Waals surface area contributed by atoms with Crippen LogP contribution in [-0.2, 0) is 12.0 Å². The molecule has 1 heterocycles. The number of hydrogen-bond donors (Lipinski definition) is 1. The van der Waals surface area contributed by atoms with Crippen LogP contribution < -0.4 is 5.32 Å². The van der Waals surface area contributed by atoms with Gasteiger partial charge >= 0.3 is 0 Å². The molecular weight excluding hydrogens is 323 g/mol. The van der Waals surface area contributed by atoms with Crippen LogP contribution in [0.5, 0.6) is 0 Å². The first-order chi connectivity index (χ1) is 10.6. The summed E-state index contributed by atoms with van der Waals surface area (Å²) in [5.74, 6) is -1.42. The molecule has 1 spiro atoms. The van der Waals surface area contributed by atoms with E-state index in [1.807, 2.05) is 0 Å². The molecule has 5 heteroatoms. The Bertz CT molecular complexity index is 756. The van der Waals surface area contributed by atoms with E-state index in [0.717, 1.165) is 43.0 Å². The van der Waals surface area contributed by atoms with Gasteiger partial charge in [-0.1, -0.05) is 12.5 Å². The Hall–Kier alpha value is -1.52. The molecular formula is C18H17ClF3N. The normalized spacial score (nSPS) is 18.0. The average molecular weight is 340 g/mol. The van der Waals surface area contributed by atoms with Crippen LogP contribution in [0.2, 0.25) is 0 Å². The number of benzene rings is 2. The second-order valence-electron chi connectivity index (χ2n) is 6.31. The molecule has 2 aromatic rings. The van der Waals surface area contributed by atoms with Crippen LogP contribution in [0.15, 0.2) is 30.3 Å². The maximum atomic E-state index is 14.5. The SMILES string of the molecule is Cl.Fc1ccc(-c2ccc(F)c3c2CNCC32CCC2)c(F)c1. The summed E-state index contributed by atoms with van der Waals surface area (Å²) in [4.78, 5) is 0. The van der Waals surface area contributed by atoms with Crippen molar-refractivity contribution in [3.63, 3.8) is 0 Å². The predicted octanol–water partition coefficient (Wildman–Crippen LogP) is 4.72. The molecule has 1 aliphatic carbocycles. The van der Waals surface area contributed by atoms with E-state index in [9.17, 15) is 13.2 Å². The molecule has 0 bridgehead atoms. The number of hydrogen-bond acceptors (Lipinski definition) is 1. The lowest BCUT2D eigenvalue weighted by Gasteiger charge is -2.47. The van der Waals surface area contributed by atoms with Gasteiger partial charge in [-0.2, -0.15) is 0 Å². The standard InChI is InChI=1S/C18H16F3N.ClH/c19-11-2-3-13(16(21)8-11)12-4-5-15(20)17-14(12)9-22-10-18(17)6-1-7-18;/h2-5,8,22H,1,6-7,9-10H2;1H. The number of rotatable bonds is 1. The molecule has 4 rings (SSSR count). The van der Waals surface area contributed by atoms with Crippen molar-refractivity contribution in [3.05, 3.63) is 58.9 Å². The van der Waals surface area contributed by atoms with Crippen molar-refractivity contribution < 1.29 is 13.2 Å². The van der Waals surface area contributed by atoms with Gasteiger partial charge in [0.1, 0.15) is 17.5 Å². The maximum Gasteiger partial charge on any atom is 0.133 e. The topological polar surface area (TPSA) is 12.0 Å². The lowest BCUT2D eigenvalue weighted by atomic mass is 9.61. The van der Waals surface area contributed by atoms with Gasteiger partial charge in [0.2, 0.25) is 0 Å². The van der Waals surface area contributed by atoms with Crippen LogP contribution >= 0.6 is 12.4 Å². The summed E-state index contributed by atoms with van der Waals surface area (Å²) in [5, 5.41) is 3.34. The molecule has 1 nitrogen and oxygen atoms in total. The van der Waals surface area contributed by atoms with Gasteiger partial charge in [0.25, 0.3) is 0 Å². The summed E-state index contributed by atoms with van der Waals surface area (Å²) in [5.41, 5.74) is 2.39. The van der Waals surface area contributed by atoms with Gasteiger partial charge in [0, 0.05) is 35.7 Å². The highest BCUT2D eigenvalue weighted by molar-refractivity contribution is 5.85. The quantitative estimate of drug-likeness (QED) is 0.793. The molecule has 122 valence electrons. The molecule has 0 atom stereocenters. The number of nitrogens with one attached hydrogen (secondary N) is 1. The average Bonchev–Trinajstić information content (AvgIpc) is 2.46. The monoisotopic (exact) mass is 339 g/mol. The molecule has 0 aromatic heterocycles. The van der Waals surface area contributed by atoms with Crippen LogP contribution in [0.4, 0.5) is 13.2 Å². The van der Waals surface area contributed by atoms with E-state index in [0.29, 0.717) is 17.7 Å². The molecule has 1 aliphatic heterocycles. The fourth-order valence-electron chi connectivity index (χ4n) is 3.88. The molecule has 23 heavy (non-hydrogen) atoms. The van der Waals surface area contributed by atoms with E-state index in [2.05, 4.69) is 5.32 Å². The van der Waals surface area contributed by atoms with Gasteiger partial charge in [0.15, 0.2) is 0 Å². The zero-order valence-electron chi connectivity index (χ0n) is 12.5. The Morgan fingerprint density at radius 1 is 0.913 bits per heavy atom. The lowest BCUT2D eigenvalue weighted by molar-refractivity contribution is 0.211. The molecule has 0 radical (unpaired) electrons. The summed E-state index contributed by atoms with van der Waals surface area (Å²) in [6.45, 7) is 1.28. The Labute approximate surface area is 139 Å². The molecule has 2 aromatic carbocycles. The van der Waals surface area contributed by atoms with Crippen LogP contribution in [-0.4, -0.2) is 6.54 Å². The molecule has 0 amide bonds. The summed E-state index contributed by atoms with van der Waals surface area (Å²) < 4.78 is 41.7. The Morgan fingerprint density at radius 3 is 2.30 bits per heavy atom. The van der Waals surface area contributed by atoms with Crippen molar-refractivity contribution in [2.24, 2.45) is 0 Å². The number of halogens is 4. The fourth-order valence-corrected chi connectivity index (χ4v) is 3.88. The molecule has 1 saturated carbocycles. The maximum absolute atomic E-state index is 14.5. The van der Waals surface area contributed by atoms with Crippen molar-refractivity contribution in [3.8, 4) is 11.1 Å². The molecule has 0 saturated heterocycles. The highest BCUT2D eigenvalue weighted by Gasteiger charge is 2.44. The van der Waals surface area contributed by atoms with Crippen molar-refractivity contribution >= 4 is 12.4 Å². The zero-order chi connectivity index (χ0) is 15.3. The number of fused-ring (bicyclic) bond motifs is 2. The summed E-state index contributed by atoms with van der Waals surface area (Å²) in [6.07, 6.45) is 3.01. The van der Waals surface area contributed by atoms with E-state index >= 15 is 0 Å². The smallest absolute Gasteiger partial charge is 0.133 e. The molecule has 2 aliphatic rings. The Balaban J connectivity index is 0.00000156. The Morgan fingerprint density at radius 2 is 1.65 bits per heavy atom. The minimum absolute atomic E-state index is 0. The zero-order valence-corrected chi connectivity index (χ0v) is 13.3. The van der Waals surface area contributed by atoms with E-state index in [1.165, 1.54) is 18.2 Å². The van der Waals surface area contributed by atoms with Crippen LogP contribution in [0, 0.1) is 17.5 Å². The van der Waals surface area contributed by atoms with Gasteiger partial charge in [-0.15, -0.1) is 12.4 Å². The van der Waals surface area contributed by atoms with Crippen molar-refractivity contribution in [2.45, 2.75) is 31.2 Å². The van der Waals surface area contributed by atoms with E-state index in [-0.39, 0.29) is 23.6 Å². The molecule has 1 fully saturated rings. The van der Waals surface area contributed by atoms with Gasteiger partial charge < -0.3 is 5.32 Å². The van der Waals surface area contributed by atoms with E-state index in [4.69, 9.17) is 0 Å². The molecule has 1 N–H and O–H groups in total. The summed E-state index contributed by atoms with van der Waals surface area (Å²) in [7, 11) is 0. The van der Waals surface area contributed by atoms with Gasteiger partial charge in [-0.25, -0.2) is 13.2 Å². The van der Waals surface area contributed by atoms with E-state index in [1.54, 1.807) is 6.07 Å². The van der Waals surface area contributed by atoms with Crippen molar-refractivity contribution in [2.75, 3.05) is 6.54 Å². The van der Waals surface area contributed by atoms with Gasteiger partial charge in [-0.05, 0) is 42.2 Å². The minimum atomic E-state index is -0.609. The third kappa shape index (κ3) is 2.45. The van der Waals surface area contributed by atoms with Crippen LogP contribution in [0.25, 0.3) is 11.1 Å². The third-order valence-electron chi connectivity index (χ3n) is 5.09. The van der Waals surface area contributed by atoms with Crippen molar-refractivity contribution in [1.82, 2.24) is 5.32 Å². The second-order valence-corrected chi connectivity index (χ2v) is 6.31. The highest BCUT2D eigenvalue weighted by atomic mass is 35.5. The predicted molar refractivity (Wildman–Crippen MR) is 86.2 cm³/mol. The first-order valence-electron chi connectivity index (χ1n) is 7.59. The fraction of sp³-hybridized carbons (Fsp3) is 0.333. The van der Waals surface area contributed by atoms with Gasteiger partial charge in [-0.3, -0.25) is 0 Å². The van der Waals surface area contributed by atoms with E-state index < -0.39 is 11.6 Å². The first-order valence-corrected chi connectivity index (χ1v) is 7.59. The summed E-state index contributed by atoms with van der Waals surface area (Å²) in [6, 6.07) is 6.57. The largest absolute Gasteiger partial charge is 0.312 e. The second kappa shape index (κ2) is 5.84. The first kappa shape index (κ1) is 16.3. The third-order valence-corrected chi connectivity index (χ3v) is 5.09. The van der Waals surface area contributed by atoms with Crippen LogP contribution in [0.3, 0.4) is 0 Å². The Kier molecular flexibility index (Phi) is 4.15.